The fraction of sp³-hybridized carbons (Fsp3) is 0.458. The number of hydrogen-bond acceptors (Lipinski definition) is 5. The molecule has 1 aromatic carbocycles. The van der Waals surface area contributed by atoms with E-state index in [9.17, 15) is 9.90 Å². The van der Waals surface area contributed by atoms with E-state index < -0.39 is 28.2 Å². The zero-order chi connectivity index (χ0) is 21.4. The summed E-state index contributed by atoms with van der Waals surface area (Å²) in [6, 6.07) is 1.86. The van der Waals surface area contributed by atoms with Gasteiger partial charge in [-0.25, -0.2) is 4.79 Å². The zero-order valence-electron chi connectivity index (χ0n) is 17.9. The van der Waals surface area contributed by atoms with Gasteiger partial charge in [0.05, 0.1) is 17.6 Å². The maximum atomic E-state index is 12.9. The van der Waals surface area contributed by atoms with Gasteiger partial charge in [0, 0.05) is 22.0 Å². The quantitative estimate of drug-likeness (QED) is 0.612. The molecule has 0 bridgehead atoms. The third kappa shape index (κ3) is 2.75. The fourth-order valence-corrected chi connectivity index (χ4v) is 4.14. The van der Waals surface area contributed by atoms with Crippen LogP contribution in [-0.4, -0.2) is 23.4 Å². The first-order valence-electron chi connectivity index (χ1n) is 9.91. The predicted molar refractivity (Wildman–Crippen MR) is 114 cm³/mol. The number of aliphatic hydroxyl groups is 1. The summed E-state index contributed by atoms with van der Waals surface area (Å²) in [5, 5.41) is 10.6. The minimum atomic E-state index is -0.555. The maximum absolute atomic E-state index is 12.9. The van der Waals surface area contributed by atoms with E-state index in [2.05, 4.69) is 6.58 Å². The molecular weight excluding hydrogens is 368 g/mol. The number of fused-ring (bicyclic) bond motifs is 6. The Kier molecular flexibility index (Phi) is 4.08. The lowest BCUT2D eigenvalue weighted by molar-refractivity contribution is 0.0881. The van der Waals surface area contributed by atoms with Crippen molar-refractivity contribution in [3.8, 4) is 11.5 Å². The third-order valence-electron chi connectivity index (χ3n) is 6.23. The minimum absolute atomic E-state index is 0.139. The molecule has 1 aromatic heterocycles. The molecule has 1 unspecified atom stereocenters. The van der Waals surface area contributed by atoms with Gasteiger partial charge in [-0.2, -0.15) is 0 Å². The topological polar surface area (TPSA) is 68.9 Å². The molecule has 0 aliphatic carbocycles. The van der Waals surface area contributed by atoms with Gasteiger partial charge in [-0.3, -0.25) is 0 Å². The Balaban J connectivity index is 2.17. The van der Waals surface area contributed by atoms with Gasteiger partial charge in [-0.1, -0.05) is 33.8 Å². The van der Waals surface area contributed by atoms with Gasteiger partial charge in [-0.05, 0) is 32.1 Å². The van der Waals surface area contributed by atoms with E-state index in [0.29, 0.717) is 22.6 Å². The van der Waals surface area contributed by atoms with Crippen molar-refractivity contribution in [1.82, 2.24) is 0 Å². The highest BCUT2D eigenvalue weighted by Crippen LogP contribution is 2.54. The molecule has 0 saturated heterocycles. The molecule has 5 nitrogen and oxygen atoms in total. The third-order valence-corrected chi connectivity index (χ3v) is 6.23. The van der Waals surface area contributed by atoms with E-state index in [1.807, 2.05) is 59.8 Å². The number of allylic oxidation sites excluding steroid dienone is 1. The number of hydrogen-bond donors (Lipinski definition) is 1. The van der Waals surface area contributed by atoms with Crippen molar-refractivity contribution in [1.29, 1.82) is 0 Å². The predicted octanol–water partition coefficient (Wildman–Crippen LogP) is 4.47. The molecule has 4 rings (SSSR count). The van der Waals surface area contributed by atoms with Crippen molar-refractivity contribution < 1.29 is 19.0 Å². The van der Waals surface area contributed by atoms with Crippen LogP contribution in [0.1, 0.15) is 58.2 Å². The average Bonchev–Trinajstić information content (AvgIpc) is 2.91. The second kappa shape index (κ2) is 5.99. The largest absolute Gasteiger partial charge is 0.486 e. The van der Waals surface area contributed by atoms with Crippen molar-refractivity contribution in [3.05, 3.63) is 51.9 Å². The Hall–Kier alpha value is -2.53. The lowest BCUT2D eigenvalue weighted by Gasteiger charge is -2.30. The van der Waals surface area contributed by atoms with E-state index >= 15 is 0 Å². The molecule has 0 radical (unpaired) electrons. The van der Waals surface area contributed by atoms with Gasteiger partial charge in [0.15, 0.2) is 0 Å². The lowest BCUT2D eigenvalue weighted by Crippen LogP contribution is -2.35. The van der Waals surface area contributed by atoms with Gasteiger partial charge in [-0.15, -0.1) is 6.58 Å². The standard InChI is InChI=1S/C24H28O5/c1-8-22(2,3)15-11-14-18-13(9-10-23(4,5)29-18)19-17(20(14)28-21(15)26)24(6,7)16(12-25)27-19/h8-11,16,25H,1,12H2,2-7H3. The second-order valence-electron chi connectivity index (χ2n) is 9.61. The summed E-state index contributed by atoms with van der Waals surface area (Å²) < 4.78 is 18.4. The molecular formula is C24H28O5. The highest BCUT2D eigenvalue weighted by atomic mass is 16.5. The summed E-state index contributed by atoms with van der Waals surface area (Å²) in [6.45, 7) is 15.5. The molecule has 0 fully saturated rings. The van der Waals surface area contributed by atoms with Crippen LogP contribution < -0.4 is 15.1 Å². The molecule has 0 saturated carbocycles. The van der Waals surface area contributed by atoms with E-state index in [-0.39, 0.29) is 6.61 Å². The second-order valence-corrected chi connectivity index (χ2v) is 9.61. The smallest absolute Gasteiger partial charge is 0.340 e. The van der Waals surface area contributed by atoms with E-state index in [1.54, 1.807) is 6.08 Å². The minimum Gasteiger partial charge on any atom is -0.486 e. The molecule has 5 heteroatoms. The lowest BCUT2D eigenvalue weighted by atomic mass is 9.78. The Labute approximate surface area is 170 Å². The number of benzene rings is 1. The van der Waals surface area contributed by atoms with Gasteiger partial charge in [0.25, 0.3) is 0 Å². The molecule has 0 amide bonds. The van der Waals surface area contributed by atoms with Crippen LogP contribution in [0.25, 0.3) is 17.0 Å². The summed E-state index contributed by atoms with van der Waals surface area (Å²) in [7, 11) is 0. The highest BCUT2D eigenvalue weighted by molar-refractivity contribution is 5.96. The van der Waals surface area contributed by atoms with Crippen LogP contribution in [0.5, 0.6) is 11.5 Å². The first-order valence-corrected chi connectivity index (χ1v) is 9.91. The van der Waals surface area contributed by atoms with Gasteiger partial charge >= 0.3 is 5.63 Å². The van der Waals surface area contributed by atoms with Crippen LogP contribution in [-0.2, 0) is 10.8 Å². The Bertz CT molecular complexity index is 1110. The van der Waals surface area contributed by atoms with E-state index in [0.717, 1.165) is 16.5 Å². The molecule has 1 atom stereocenters. The summed E-state index contributed by atoms with van der Waals surface area (Å²) in [6.07, 6.45) is 5.28. The fourth-order valence-electron chi connectivity index (χ4n) is 4.14. The van der Waals surface area contributed by atoms with Gasteiger partial charge < -0.3 is 19.0 Å². The number of rotatable bonds is 3. The normalized spacial score (nSPS) is 21.3. The number of ether oxygens (including phenoxy) is 2. The van der Waals surface area contributed by atoms with Crippen molar-refractivity contribution in [2.75, 3.05) is 6.61 Å². The number of aliphatic hydroxyl groups excluding tert-OH is 1. The van der Waals surface area contributed by atoms with Crippen LogP contribution in [0, 0.1) is 0 Å². The van der Waals surface area contributed by atoms with E-state index in [1.165, 1.54) is 0 Å². The molecule has 2 aromatic rings. The highest BCUT2D eigenvalue weighted by Gasteiger charge is 2.47. The first kappa shape index (κ1) is 19.8. The van der Waals surface area contributed by atoms with Crippen LogP contribution in [0.2, 0.25) is 0 Å². The van der Waals surface area contributed by atoms with Gasteiger partial charge in [0.1, 0.15) is 28.8 Å². The van der Waals surface area contributed by atoms with Crippen molar-refractivity contribution in [2.45, 2.75) is 64.1 Å². The SMILES string of the molecule is C=CC(C)(C)c1cc2c3c(c4c(c2oc1=O)C(C)(C)C(CO)O4)C=CC(C)(C)O3. The van der Waals surface area contributed by atoms with Crippen molar-refractivity contribution in [2.24, 2.45) is 0 Å². The summed E-state index contributed by atoms with van der Waals surface area (Å²) in [5.41, 5.74) is 0.573. The Morgan fingerprint density at radius 3 is 2.55 bits per heavy atom. The van der Waals surface area contributed by atoms with Crippen LogP contribution in [0.3, 0.4) is 0 Å². The van der Waals surface area contributed by atoms with Crippen LogP contribution in [0.15, 0.2) is 34.0 Å². The van der Waals surface area contributed by atoms with Crippen LogP contribution in [0.4, 0.5) is 0 Å². The first-order chi connectivity index (χ1) is 13.4. The summed E-state index contributed by atoms with van der Waals surface area (Å²) in [5.74, 6) is 1.24. The monoisotopic (exact) mass is 396 g/mol. The molecule has 2 aliphatic heterocycles. The molecule has 3 heterocycles. The molecule has 29 heavy (non-hydrogen) atoms. The summed E-state index contributed by atoms with van der Waals surface area (Å²) >= 11 is 0. The molecule has 0 spiro atoms. The van der Waals surface area contributed by atoms with Gasteiger partial charge in [0.2, 0.25) is 0 Å². The zero-order valence-corrected chi connectivity index (χ0v) is 17.9. The van der Waals surface area contributed by atoms with Crippen molar-refractivity contribution >= 4 is 17.0 Å². The Morgan fingerprint density at radius 2 is 1.93 bits per heavy atom. The molecule has 2 aliphatic rings. The Morgan fingerprint density at radius 1 is 1.24 bits per heavy atom. The maximum Gasteiger partial charge on any atom is 0.340 e. The molecule has 154 valence electrons. The molecule has 1 N–H and O–H groups in total. The average molecular weight is 396 g/mol. The van der Waals surface area contributed by atoms with Crippen molar-refractivity contribution in [3.63, 3.8) is 0 Å². The van der Waals surface area contributed by atoms with E-state index in [4.69, 9.17) is 13.9 Å². The van der Waals surface area contributed by atoms with Crippen LogP contribution >= 0.6 is 0 Å². The summed E-state index contributed by atoms with van der Waals surface area (Å²) in [4.78, 5) is 12.9.